The molecule has 3 aromatic rings. The second-order valence-corrected chi connectivity index (χ2v) is 13.9. The van der Waals surface area contributed by atoms with Gasteiger partial charge in [-0.15, -0.1) is 0 Å². The first-order valence-electron chi connectivity index (χ1n) is 16.3. The van der Waals surface area contributed by atoms with Gasteiger partial charge in [-0.25, -0.2) is 9.59 Å². The van der Waals surface area contributed by atoms with Gasteiger partial charge in [0.15, 0.2) is 0 Å². The number of carbonyl (C=O) groups excluding carboxylic acids is 4. The van der Waals surface area contributed by atoms with E-state index >= 15 is 0 Å². The van der Waals surface area contributed by atoms with Crippen molar-refractivity contribution in [2.75, 3.05) is 13.2 Å². The summed E-state index contributed by atoms with van der Waals surface area (Å²) >= 11 is 0. The first-order chi connectivity index (χ1) is 23.0. The highest BCUT2D eigenvalue weighted by atomic mass is 16.6. The minimum Gasteiger partial charge on any atom is -0.508 e. The Labute approximate surface area is 288 Å². The SMILES string of the molecule is Cc1ccccc1C(C(=O)NC(Cc1ccccc1)C(=O)OC(C)(C)C)N(CCO)C(=O)C(Cc1ccc(O)cc1)NC(=O)OC(C)(C)C. The van der Waals surface area contributed by atoms with Crippen molar-refractivity contribution in [3.63, 3.8) is 0 Å². The number of carbonyl (C=O) groups is 4. The Hall–Kier alpha value is -4.90. The highest BCUT2D eigenvalue weighted by Gasteiger charge is 2.39. The van der Waals surface area contributed by atoms with Gasteiger partial charge in [-0.05, 0) is 82.9 Å². The summed E-state index contributed by atoms with van der Waals surface area (Å²) in [5.74, 6) is -1.97. The predicted molar refractivity (Wildman–Crippen MR) is 186 cm³/mol. The van der Waals surface area contributed by atoms with Gasteiger partial charge in [0.25, 0.3) is 0 Å². The van der Waals surface area contributed by atoms with E-state index in [4.69, 9.17) is 9.47 Å². The van der Waals surface area contributed by atoms with E-state index in [1.54, 1.807) is 84.9 Å². The number of aliphatic hydroxyl groups excluding tert-OH is 1. The molecule has 3 atom stereocenters. The largest absolute Gasteiger partial charge is 0.508 e. The van der Waals surface area contributed by atoms with Crippen LogP contribution in [0.15, 0.2) is 78.9 Å². The molecule has 3 aromatic carbocycles. The number of alkyl carbamates (subject to hydrolysis) is 1. The first kappa shape index (κ1) is 38.5. The van der Waals surface area contributed by atoms with Crippen molar-refractivity contribution < 1.29 is 38.9 Å². The summed E-state index contributed by atoms with van der Waals surface area (Å²) < 4.78 is 11.1. The number of nitrogens with one attached hydrogen (secondary N) is 2. The second kappa shape index (κ2) is 17.0. The van der Waals surface area contributed by atoms with Crippen molar-refractivity contribution >= 4 is 23.9 Å². The minimum absolute atomic E-state index is 0.0169. The van der Waals surface area contributed by atoms with Crippen LogP contribution >= 0.6 is 0 Å². The third-order valence-electron chi connectivity index (χ3n) is 7.32. The van der Waals surface area contributed by atoms with E-state index in [1.807, 2.05) is 30.3 Å². The second-order valence-electron chi connectivity index (χ2n) is 13.9. The van der Waals surface area contributed by atoms with Crippen molar-refractivity contribution in [2.24, 2.45) is 0 Å². The third-order valence-corrected chi connectivity index (χ3v) is 7.32. The molecule has 0 radical (unpaired) electrons. The Balaban J connectivity index is 2.09. The summed E-state index contributed by atoms with van der Waals surface area (Å²) in [4.78, 5) is 56.7. The number of benzene rings is 3. The van der Waals surface area contributed by atoms with Crippen LogP contribution in [-0.4, -0.2) is 75.4 Å². The summed E-state index contributed by atoms with van der Waals surface area (Å²) in [6, 6.07) is 18.7. The molecule has 4 N–H and O–H groups in total. The molecule has 0 heterocycles. The van der Waals surface area contributed by atoms with Gasteiger partial charge in [0.1, 0.15) is 35.1 Å². The number of aryl methyl sites for hydroxylation is 1. The molecule has 11 heteroatoms. The number of hydrogen-bond acceptors (Lipinski definition) is 8. The molecule has 0 aliphatic heterocycles. The standard InChI is InChI=1S/C38H49N3O8/c1-25-13-11-12-16-29(25)32(33(44)39-31(35(46)48-37(2,3)4)24-26-14-9-8-10-15-26)41(21-22-42)34(45)30(40-36(47)49-38(5,6)7)23-27-17-19-28(43)20-18-27/h8-20,30-32,42-43H,21-24H2,1-7H3,(H,39,44)(H,40,47). The highest BCUT2D eigenvalue weighted by molar-refractivity contribution is 5.94. The summed E-state index contributed by atoms with van der Waals surface area (Å²) in [6.07, 6.45) is -0.741. The van der Waals surface area contributed by atoms with E-state index in [9.17, 15) is 29.4 Å². The summed E-state index contributed by atoms with van der Waals surface area (Å²) in [6.45, 7) is 11.3. The number of hydrogen-bond donors (Lipinski definition) is 4. The van der Waals surface area contributed by atoms with Crippen LogP contribution in [0.25, 0.3) is 0 Å². The average Bonchev–Trinajstić information content (AvgIpc) is 3.00. The summed E-state index contributed by atoms with van der Waals surface area (Å²) in [7, 11) is 0. The molecule has 0 aliphatic rings. The third kappa shape index (κ3) is 12.2. The van der Waals surface area contributed by atoms with Gasteiger partial charge < -0.3 is 35.2 Å². The molecule has 11 nitrogen and oxygen atoms in total. The van der Waals surface area contributed by atoms with Gasteiger partial charge in [0.05, 0.1) is 6.61 Å². The highest BCUT2D eigenvalue weighted by Crippen LogP contribution is 2.27. The Morgan fingerprint density at radius 3 is 1.86 bits per heavy atom. The maximum Gasteiger partial charge on any atom is 0.408 e. The maximum absolute atomic E-state index is 14.6. The van der Waals surface area contributed by atoms with E-state index in [2.05, 4.69) is 10.6 Å². The lowest BCUT2D eigenvalue weighted by Gasteiger charge is -2.35. The number of rotatable bonds is 13. The van der Waals surface area contributed by atoms with Crippen LogP contribution < -0.4 is 10.6 Å². The van der Waals surface area contributed by atoms with E-state index in [0.717, 1.165) is 5.56 Å². The quantitative estimate of drug-likeness (QED) is 0.189. The fourth-order valence-corrected chi connectivity index (χ4v) is 5.20. The van der Waals surface area contributed by atoms with Crippen LogP contribution in [0.1, 0.15) is 69.8 Å². The Kier molecular flexibility index (Phi) is 13.3. The zero-order valence-electron chi connectivity index (χ0n) is 29.4. The van der Waals surface area contributed by atoms with Crippen molar-refractivity contribution in [2.45, 2.75) is 90.6 Å². The number of ether oxygens (including phenoxy) is 2. The molecule has 0 fully saturated rings. The van der Waals surface area contributed by atoms with E-state index in [0.29, 0.717) is 16.7 Å². The van der Waals surface area contributed by atoms with Crippen molar-refractivity contribution in [1.29, 1.82) is 0 Å². The van der Waals surface area contributed by atoms with Gasteiger partial charge in [0, 0.05) is 19.4 Å². The fourth-order valence-electron chi connectivity index (χ4n) is 5.20. The number of esters is 1. The molecular formula is C38H49N3O8. The number of aliphatic hydroxyl groups is 1. The predicted octanol–water partition coefficient (Wildman–Crippen LogP) is 4.77. The monoisotopic (exact) mass is 675 g/mol. The zero-order chi connectivity index (χ0) is 36.4. The molecular weight excluding hydrogens is 626 g/mol. The van der Waals surface area contributed by atoms with Crippen LogP contribution in [0.4, 0.5) is 4.79 Å². The zero-order valence-corrected chi connectivity index (χ0v) is 29.4. The Morgan fingerprint density at radius 1 is 0.735 bits per heavy atom. The molecule has 49 heavy (non-hydrogen) atoms. The Morgan fingerprint density at radius 2 is 1.29 bits per heavy atom. The molecule has 0 spiro atoms. The molecule has 0 bridgehead atoms. The topological polar surface area (TPSA) is 154 Å². The number of amides is 3. The lowest BCUT2D eigenvalue weighted by molar-refractivity contribution is -0.159. The fraction of sp³-hybridized carbons (Fsp3) is 0.421. The molecule has 3 unspecified atom stereocenters. The molecule has 0 aromatic heterocycles. The van der Waals surface area contributed by atoms with Gasteiger partial charge in [-0.1, -0.05) is 66.7 Å². The molecule has 264 valence electrons. The molecule has 0 saturated heterocycles. The van der Waals surface area contributed by atoms with E-state index in [1.165, 1.54) is 17.0 Å². The molecule has 3 amide bonds. The van der Waals surface area contributed by atoms with Crippen LogP contribution in [0.2, 0.25) is 0 Å². The number of phenols is 1. The minimum atomic E-state index is -1.32. The average molecular weight is 676 g/mol. The number of aromatic hydroxyl groups is 1. The van der Waals surface area contributed by atoms with Crippen molar-refractivity contribution in [1.82, 2.24) is 15.5 Å². The molecule has 0 saturated carbocycles. The van der Waals surface area contributed by atoms with Gasteiger partial charge in [-0.3, -0.25) is 9.59 Å². The van der Waals surface area contributed by atoms with Gasteiger partial charge in [-0.2, -0.15) is 0 Å². The maximum atomic E-state index is 14.6. The van der Waals surface area contributed by atoms with E-state index < -0.39 is 59.8 Å². The Bertz CT molecular complexity index is 1560. The van der Waals surface area contributed by atoms with Crippen LogP contribution in [0.5, 0.6) is 5.75 Å². The van der Waals surface area contributed by atoms with Gasteiger partial charge >= 0.3 is 12.1 Å². The molecule has 3 rings (SSSR count). The van der Waals surface area contributed by atoms with Crippen molar-refractivity contribution in [3.8, 4) is 5.75 Å². The van der Waals surface area contributed by atoms with Crippen molar-refractivity contribution in [3.05, 3.63) is 101 Å². The van der Waals surface area contributed by atoms with Crippen LogP contribution in [0.3, 0.4) is 0 Å². The lowest BCUT2D eigenvalue weighted by Crippen LogP contribution is -2.56. The van der Waals surface area contributed by atoms with E-state index in [-0.39, 0.29) is 25.1 Å². The summed E-state index contributed by atoms with van der Waals surface area (Å²) in [5.41, 5.74) is 0.848. The van der Waals surface area contributed by atoms with Crippen LogP contribution in [-0.2, 0) is 36.7 Å². The van der Waals surface area contributed by atoms with Gasteiger partial charge in [0.2, 0.25) is 11.8 Å². The molecule has 0 aliphatic carbocycles. The lowest BCUT2D eigenvalue weighted by atomic mass is 9.96. The number of phenolic OH excluding ortho intramolecular Hbond substituents is 1. The summed E-state index contributed by atoms with van der Waals surface area (Å²) in [5, 5.41) is 25.5. The van der Waals surface area contributed by atoms with Crippen LogP contribution in [0, 0.1) is 6.92 Å². The first-order valence-corrected chi connectivity index (χ1v) is 16.3. The normalized spacial score (nSPS) is 13.4. The smallest absolute Gasteiger partial charge is 0.408 e. The number of nitrogens with zero attached hydrogens (tertiary/aromatic N) is 1.